The summed E-state index contributed by atoms with van der Waals surface area (Å²) in [5.74, 6) is 1.14. The third-order valence-corrected chi connectivity index (χ3v) is 4.18. The summed E-state index contributed by atoms with van der Waals surface area (Å²) < 4.78 is 0. The van der Waals surface area contributed by atoms with E-state index < -0.39 is 0 Å². The molecule has 0 unspecified atom stereocenters. The van der Waals surface area contributed by atoms with Crippen LogP contribution >= 0.6 is 24.2 Å². The molecule has 0 aliphatic rings. The zero-order valence-corrected chi connectivity index (χ0v) is 13.6. The highest BCUT2D eigenvalue weighted by molar-refractivity contribution is 7.99. The van der Waals surface area contributed by atoms with E-state index in [1.165, 1.54) is 16.9 Å². The van der Waals surface area contributed by atoms with Gasteiger partial charge in [-0.3, -0.25) is 0 Å². The molecule has 110 valence electrons. The summed E-state index contributed by atoms with van der Waals surface area (Å²) in [6, 6.07) is 8.56. The van der Waals surface area contributed by atoms with Crippen molar-refractivity contribution in [2.24, 2.45) is 0 Å². The second-order valence-corrected chi connectivity index (χ2v) is 5.84. The number of aryl methyl sites for hydroxylation is 1. The predicted octanol–water partition coefficient (Wildman–Crippen LogP) is 3.60. The molecule has 19 heavy (non-hydrogen) atoms. The third-order valence-electron chi connectivity index (χ3n) is 3.02. The Morgan fingerprint density at radius 3 is 2.53 bits per heavy atom. The average molecular weight is 304 g/mol. The van der Waals surface area contributed by atoms with E-state index >= 15 is 0 Å². The fourth-order valence-electron chi connectivity index (χ4n) is 1.81. The summed E-state index contributed by atoms with van der Waals surface area (Å²) in [4.78, 5) is 3.77. The Hall–Kier alpha value is -0.220. The number of unbranched alkanes of at least 4 members (excludes halogenated alkanes) is 2. The van der Waals surface area contributed by atoms with Crippen LogP contribution in [0.1, 0.15) is 24.8 Å². The van der Waals surface area contributed by atoms with Crippen molar-refractivity contribution in [3.05, 3.63) is 29.8 Å². The van der Waals surface area contributed by atoms with E-state index in [0.717, 1.165) is 31.7 Å². The Bertz CT molecular complexity index is 336. The van der Waals surface area contributed by atoms with Gasteiger partial charge in [-0.2, -0.15) is 0 Å². The normalized spacial score (nSPS) is 10.5. The molecule has 0 fully saturated rings. The van der Waals surface area contributed by atoms with Gasteiger partial charge < -0.3 is 10.0 Å². The zero-order chi connectivity index (χ0) is 13.2. The first-order valence-electron chi connectivity index (χ1n) is 6.72. The van der Waals surface area contributed by atoms with E-state index in [0.29, 0.717) is 6.61 Å². The van der Waals surface area contributed by atoms with Crippen LogP contribution in [0.2, 0.25) is 0 Å². The molecule has 0 heterocycles. The molecule has 1 rings (SSSR count). The van der Waals surface area contributed by atoms with E-state index in [1.807, 2.05) is 11.8 Å². The second kappa shape index (κ2) is 11.6. The minimum atomic E-state index is 0. The summed E-state index contributed by atoms with van der Waals surface area (Å²) in [5, 5.41) is 8.71. The van der Waals surface area contributed by atoms with Crippen molar-refractivity contribution in [3.8, 4) is 0 Å². The highest BCUT2D eigenvalue weighted by Gasteiger charge is 2.01. The summed E-state index contributed by atoms with van der Waals surface area (Å²) in [6.07, 6.45) is 3.25. The smallest absolute Gasteiger partial charge is 0.0431 e. The Morgan fingerprint density at radius 2 is 1.84 bits per heavy atom. The van der Waals surface area contributed by atoms with Crippen molar-refractivity contribution in [1.29, 1.82) is 0 Å². The molecule has 2 nitrogen and oxygen atoms in total. The van der Waals surface area contributed by atoms with Crippen LogP contribution in [-0.2, 0) is 0 Å². The number of aliphatic hydroxyl groups is 1. The number of halogens is 1. The van der Waals surface area contributed by atoms with Crippen LogP contribution in [0.25, 0.3) is 0 Å². The van der Waals surface area contributed by atoms with Crippen LogP contribution in [0.5, 0.6) is 0 Å². The number of benzene rings is 1. The maximum atomic E-state index is 8.71. The fourth-order valence-corrected chi connectivity index (χ4v) is 2.91. The van der Waals surface area contributed by atoms with E-state index in [2.05, 4.69) is 43.1 Å². The van der Waals surface area contributed by atoms with Crippen LogP contribution in [-0.4, -0.2) is 42.5 Å². The molecular formula is C15H26ClNOS. The van der Waals surface area contributed by atoms with E-state index in [-0.39, 0.29) is 12.4 Å². The zero-order valence-electron chi connectivity index (χ0n) is 12.0. The predicted molar refractivity (Wildman–Crippen MR) is 87.6 cm³/mol. The average Bonchev–Trinajstić information content (AvgIpc) is 2.37. The number of rotatable bonds is 9. The molecule has 1 aromatic rings. The minimum absolute atomic E-state index is 0. The molecule has 0 spiro atoms. The molecule has 0 aliphatic carbocycles. The van der Waals surface area contributed by atoms with Crippen molar-refractivity contribution in [1.82, 2.24) is 4.90 Å². The van der Waals surface area contributed by atoms with Crippen molar-refractivity contribution in [3.63, 3.8) is 0 Å². The van der Waals surface area contributed by atoms with Crippen molar-refractivity contribution in [2.75, 3.05) is 32.5 Å². The minimum Gasteiger partial charge on any atom is -0.396 e. The van der Waals surface area contributed by atoms with Gasteiger partial charge in [0.1, 0.15) is 0 Å². The van der Waals surface area contributed by atoms with Crippen molar-refractivity contribution in [2.45, 2.75) is 31.1 Å². The SMILES string of the molecule is Cc1ccccc1SCCN(C)CCCCCO.Cl. The topological polar surface area (TPSA) is 23.5 Å². The molecule has 1 aromatic carbocycles. The Kier molecular flexibility index (Phi) is 11.5. The summed E-state index contributed by atoms with van der Waals surface area (Å²) in [5.41, 5.74) is 1.37. The summed E-state index contributed by atoms with van der Waals surface area (Å²) in [6.45, 7) is 4.75. The third kappa shape index (κ3) is 8.53. The maximum absolute atomic E-state index is 8.71. The lowest BCUT2D eigenvalue weighted by Crippen LogP contribution is -2.22. The molecule has 0 atom stereocenters. The van der Waals surface area contributed by atoms with Gasteiger partial charge >= 0.3 is 0 Å². The largest absolute Gasteiger partial charge is 0.396 e. The second-order valence-electron chi connectivity index (χ2n) is 4.70. The van der Waals surface area contributed by atoms with Gasteiger partial charge in [-0.1, -0.05) is 18.2 Å². The monoisotopic (exact) mass is 303 g/mol. The highest BCUT2D eigenvalue weighted by Crippen LogP contribution is 2.21. The van der Waals surface area contributed by atoms with Crippen LogP contribution in [0.3, 0.4) is 0 Å². The van der Waals surface area contributed by atoms with Crippen molar-refractivity contribution >= 4 is 24.2 Å². The van der Waals surface area contributed by atoms with Gasteiger partial charge in [0.15, 0.2) is 0 Å². The molecular weight excluding hydrogens is 278 g/mol. The number of nitrogens with zero attached hydrogens (tertiary/aromatic N) is 1. The lowest BCUT2D eigenvalue weighted by atomic mass is 10.2. The van der Waals surface area contributed by atoms with Crippen LogP contribution in [0, 0.1) is 6.92 Å². The molecule has 0 saturated carbocycles. The van der Waals surface area contributed by atoms with Gasteiger partial charge in [-0.15, -0.1) is 24.2 Å². The van der Waals surface area contributed by atoms with Crippen LogP contribution < -0.4 is 0 Å². The molecule has 0 aromatic heterocycles. The van der Waals surface area contributed by atoms with Gasteiger partial charge in [-0.05, 0) is 51.4 Å². The molecule has 0 amide bonds. The van der Waals surface area contributed by atoms with Crippen LogP contribution in [0.4, 0.5) is 0 Å². The molecule has 4 heteroatoms. The lowest BCUT2D eigenvalue weighted by Gasteiger charge is -2.16. The molecule has 0 aliphatic heterocycles. The number of hydrogen-bond donors (Lipinski definition) is 1. The number of aliphatic hydroxyl groups excluding tert-OH is 1. The molecule has 0 radical (unpaired) electrons. The van der Waals surface area contributed by atoms with Gasteiger partial charge in [-0.25, -0.2) is 0 Å². The summed E-state index contributed by atoms with van der Waals surface area (Å²) >= 11 is 1.94. The van der Waals surface area contributed by atoms with Crippen LogP contribution in [0.15, 0.2) is 29.2 Å². The Morgan fingerprint density at radius 1 is 1.11 bits per heavy atom. The van der Waals surface area contributed by atoms with Gasteiger partial charge in [0.2, 0.25) is 0 Å². The standard InChI is InChI=1S/C15H25NOS.ClH/c1-14-8-4-5-9-15(14)18-13-11-16(2)10-6-3-7-12-17;/h4-5,8-9,17H,3,6-7,10-13H2,1-2H3;1H. The Balaban J connectivity index is 0.00000324. The quantitative estimate of drug-likeness (QED) is 0.557. The van der Waals surface area contributed by atoms with Gasteiger partial charge in [0.05, 0.1) is 0 Å². The highest BCUT2D eigenvalue weighted by atomic mass is 35.5. The van der Waals surface area contributed by atoms with E-state index in [1.54, 1.807) is 0 Å². The number of hydrogen-bond acceptors (Lipinski definition) is 3. The molecule has 0 saturated heterocycles. The Labute approximate surface area is 128 Å². The fraction of sp³-hybridized carbons (Fsp3) is 0.600. The van der Waals surface area contributed by atoms with Gasteiger partial charge in [0.25, 0.3) is 0 Å². The molecule has 1 N–H and O–H groups in total. The number of thioether (sulfide) groups is 1. The first-order chi connectivity index (χ1) is 8.74. The molecule has 0 bridgehead atoms. The first-order valence-corrected chi connectivity index (χ1v) is 7.70. The van der Waals surface area contributed by atoms with E-state index in [9.17, 15) is 0 Å². The lowest BCUT2D eigenvalue weighted by molar-refractivity contribution is 0.275. The maximum Gasteiger partial charge on any atom is 0.0431 e. The summed E-state index contributed by atoms with van der Waals surface area (Å²) in [7, 11) is 2.18. The first kappa shape index (κ1) is 18.8. The van der Waals surface area contributed by atoms with Crippen molar-refractivity contribution < 1.29 is 5.11 Å². The van der Waals surface area contributed by atoms with Gasteiger partial charge in [0, 0.05) is 23.8 Å². The van der Waals surface area contributed by atoms with E-state index in [4.69, 9.17) is 5.11 Å².